The number of rotatable bonds is 2. The van der Waals surface area contributed by atoms with Crippen LogP contribution in [0.3, 0.4) is 0 Å². The van der Waals surface area contributed by atoms with Crippen molar-refractivity contribution in [2.75, 3.05) is 14.1 Å². The molecule has 0 spiro atoms. The van der Waals surface area contributed by atoms with Crippen molar-refractivity contribution in [2.45, 2.75) is 19.4 Å². The Morgan fingerprint density at radius 2 is 2.15 bits per heavy atom. The van der Waals surface area contributed by atoms with E-state index in [2.05, 4.69) is 10.9 Å². The van der Waals surface area contributed by atoms with Gasteiger partial charge >= 0.3 is 0 Å². The van der Waals surface area contributed by atoms with Gasteiger partial charge in [-0.15, -0.1) is 0 Å². The summed E-state index contributed by atoms with van der Waals surface area (Å²) in [4.78, 5) is 23.9. The maximum Gasteiger partial charge on any atom is 0.238 e. The molecule has 5 heteroatoms. The fraction of sp³-hybridized carbons (Fsp3) is 0.750. The van der Waals surface area contributed by atoms with Gasteiger partial charge in [0.2, 0.25) is 11.8 Å². The Morgan fingerprint density at radius 3 is 2.54 bits per heavy atom. The molecule has 0 aromatic heterocycles. The summed E-state index contributed by atoms with van der Waals surface area (Å²) in [6.07, 6.45) is 0.354. The monoisotopic (exact) mass is 185 g/mol. The van der Waals surface area contributed by atoms with Gasteiger partial charge in [-0.05, 0) is 0 Å². The molecule has 1 aliphatic heterocycles. The zero-order chi connectivity index (χ0) is 10.0. The summed E-state index contributed by atoms with van der Waals surface area (Å²) in [6, 6.07) is -0.0811. The van der Waals surface area contributed by atoms with Crippen molar-refractivity contribution in [1.82, 2.24) is 15.8 Å². The van der Waals surface area contributed by atoms with E-state index in [1.54, 1.807) is 14.1 Å². The minimum atomic E-state index is -0.135. The Kier molecular flexibility index (Phi) is 2.87. The van der Waals surface area contributed by atoms with Crippen molar-refractivity contribution in [3.63, 3.8) is 0 Å². The molecule has 2 unspecified atom stereocenters. The lowest BCUT2D eigenvalue weighted by Crippen LogP contribution is -2.36. The molecule has 1 heterocycles. The highest BCUT2D eigenvalue weighted by molar-refractivity contribution is 5.83. The second-order valence-electron chi connectivity index (χ2n) is 3.52. The number of carbonyl (C=O) groups is 2. The number of hydrogen-bond acceptors (Lipinski definition) is 3. The smallest absolute Gasteiger partial charge is 0.238 e. The molecule has 0 aromatic rings. The van der Waals surface area contributed by atoms with Crippen molar-refractivity contribution in [1.29, 1.82) is 0 Å². The van der Waals surface area contributed by atoms with Crippen molar-refractivity contribution in [2.24, 2.45) is 5.92 Å². The predicted octanol–water partition coefficient (Wildman–Crippen LogP) is -0.896. The molecule has 2 amide bonds. The van der Waals surface area contributed by atoms with Gasteiger partial charge in [-0.2, -0.15) is 0 Å². The Balaban J connectivity index is 2.47. The van der Waals surface area contributed by atoms with Crippen LogP contribution in [0.25, 0.3) is 0 Å². The summed E-state index contributed by atoms with van der Waals surface area (Å²) in [5.74, 6) is -0.152. The lowest BCUT2D eigenvalue weighted by Gasteiger charge is -2.15. The summed E-state index contributed by atoms with van der Waals surface area (Å²) < 4.78 is 0. The highest BCUT2D eigenvalue weighted by Gasteiger charge is 2.32. The normalized spacial score (nSPS) is 27.2. The molecule has 2 atom stereocenters. The van der Waals surface area contributed by atoms with E-state index in [1.165, 1.54) is 4.90 Å². The van der Waals surface area contributed by atoms with Gasteiger partial charge in [0.15, 0.2) is 0 Å². The summed E-state index contributed by atoms with van der Waals surface area (Å²) in [5.41, 5.74) is 5.30. The first-order chi connectivity index (χ1) is 6.02. The van der Waals surface area contributed by atoms with Gasteiger partial charge in [-0.25, -0.2) is 5.43 Å². The van der Waals surface area contributed by atoms with Crippen LogP contribution in [0.4, 0.5) is 0 Å². The Hall–Kier alpha value is -1.10. The number of hydrazine groups is 1. The second kappa shape index (κ2) is 3.74. The van der Waals surface area contributed by atoms with Crippen molar-refractivity contribution < 1.29 is 9.59 Å². The van der Waals surface area contributed by atoms with Gasteiger partial charge in [0.25, 0.3) is 0 Å². The molecule has 1 fully saturated rings. The molecule has 5 nitrogen and oxygen atoms in total. The van der Waals surface area contributed by atoms with Crippen LogP contribution in [-0.2, 0) is 9.59 Å². The average molecular weight is 185 g/mol. The molecule has 1 aliphatic rings. The first-order valence-electron chi connectivity index (χ1n) is 4.28. The van der Waals surface area contributed by atoms with Crippen LogP contribution in [0.5, 0.6) is 0 Å². The topological polar surface area (TPSA) is 61.4 Å². The van der Waals surface area contributed by atoms with Crippen molar-refractivity contribution in [3.05, 3.63) is 0 Å². The predicted molar refractivity (Wildman–Crippen MR) is 47.5 cm³/mol. The Bertz CT molecular complexity index is 227. The molecule has 2 N–H and O–H groups in total. The van der Waals surface area contributed by atoms with E-state index in [1.807, 2.05) is 6.92 Å². The zero-order valence-electron chi connectivity index (χ0n) is 8.13. The third-order valence-electron chi connectivity index (χ3n) is 2.29. The molecule has 0 aliphatic carbocycles. The molecule has 74 valence electrons. The largest absolute Gasteiger partial charge is 0.349 e. The fourth-order valence-electron chi connectivity index (χ4n) is 1.18. The quantitative estimate of drug-likeness (QED) is 0.586. The molecule has 13 heavy (non-hydrogen) atoms. The number of nitrogens with one attached hydrogen (secondary N) is 2. The van der Waals surface area contributed by atoms with Crippen LogP contribution in [-0.4, -0.2) is 36.9 Å². The van der Waals surface area contributed by atoms with E-state index < -0.39 is 0 Å². The molecule has 0 bridgehead atoms. The van der Waals surface area contributed by atoms with Gasteiger partial charge in [-0.1, -0.05) is 6.92 Å². The highest BCUT2D eigenvalue weighted by atomic mass is 16.2. The highest BCUT2D eigenvalue weighted by Crippen LogP contribution is 2.12. The van der Waals surface area contributed by atoms with Gasteiger partial charge in [0.1, 0.15) is 0 Å². The van der Waals surface area contributed by atoms with Crippen LogP contribution >= 0.6 is 0 Å². The zero-order valence-corrected chi connectivity index (χ0v) is 8.13. The average Bonchev–Trinajstić information content (AvgIpc) is 2.36. The lowest BCUT2D eigenvalue weighted by molar-refractivity contribution is -0.129. The minimum absolute atomic E-state index is 0.0286. The van der Waals surface area contributed by atoms with E-state index in [-0.39, 0.29) is 23.8 Å². The molecular weight excluding hydrogens is 170 g/mol. The van der Waals surface area contributed by atoms with Crippen LogP contribution in [0.2, 0.25) is 0 Å². The van der Waals surface area contributed by atoms with Gasteiger partial charge in [-0.3, -0.25) is 15.0 Å². The third-order valence-corrected chi connectivity index (χ3v) is 2.29. The molecule has 1 saturated heterocycles. The molecule has 0 saturated carbocycles. The molecule has 1 rings (SSSR count). The maximum absolute atomic E-state index is 11.3. The number of nitrogens with zero attached hydrogens (tertiary/aromatic N) is 1. The summed E-state index contributed by atoms with van der Waals surface area (Å²) >= 11 is 0. The third kappa shape index (κ3) is 2.18. The van der Waals surface area contributed by atoms with Gasteiger partial charge in [0.05, 0.1) is 5.92 Å². The van der Waals surface area contributed by atoms with Crippen LogP contribution < -0.4 is 10.9 Å². The lowest BCUT2D eigenvalue weighted by atomic mass is 10.0. The van der Waals surface area contributed by atoms with E-state index in [0.717, 1.165) is 0 Å². The van der Waals surface area contributed by atoms with Gasteiger partial charge in [0, 0.05) is 26.6 Å². The summed E-state index contributed by atoms with van der Waals surface area (Å²) in [5, 5.41) is 0. The number of amides is 2. The van der Waals surface area contributed by atoms with E-state index >= 15 is 0 Å². The molecular formula is C8H15N3O2. The maximum atomic E-state index is 11.3. The molecule has 0 radical (unpaired) electrons. The standard InChI is InChI=1S/C8H15N3O2/c1-5-6(9-10-8(5)13)4-7(12)11(2)3/h5-6,9H,4H2,1-3H3,(H,10,13). The van der Waals surface area contributed by atoms with Gasteiger partial charge < -0.3 is 4.90 Å². The summed E-state index contributed by atoms with van der Waals surface area (Å²) in [6.45, 7) is 1.81. The van der Waals surface area contributed by atoms with Crippen LogP contribution in [0.1, 0.15) is 13.3 Å². The first kappa shape index (κ1) is 9.98. The Labute approximate surface area is 77.4 Å². The van der Waals surface area contributed by atoms with E-state index in [0.29, 0.717) is 6.42 Å². The molecule has 0 aromatic carbocycles. The van der Waals surface area contributed by atoms with E-state index in [4.69, 9.17) is 0 Å². The van der Waals surface area contributed by atoms with Crippen molar-refractivity contribution in [3.8, 4) is 0 Å². The first-order valence-corrected chi connectivity index (χ1v) is 4.28. The fourth-order valence-corrected chi connectivity index (χ4v) is 1.18. The Morgan fingerprint density at radius 1 is 1.54 bits per heavy atom. The number of carbonyl (C=O) groups excluding carboxylic acids is 2. The van der Waals surface area contributed by atoms with Crippen LogP contribution in [0.15, 0.2) is 0 Å². The van der Waals surface area contributed by atoms with E-state index in [9.17, 15) is 9.59 Å². The summed E-state index contributed by atoms with van der Waals surface area (Å²) in [7, 11) is 3.41. The number of hydrogen-bond donors (Lipinski definition) is 2. The minimum Gasteiger partial charge on any atom is -0.349 e. The van der Waals surface area contributed by atoms with Crippen LogP contribution in [0, 0.1) is 5.92 Å². The SMILES string of the molecule is CC1C(=O)NNC1CC(=O)N(C)C. The second-order valence-corrected chi connectivity index (χ2v) is 3.52. The van der Waals surface area contributed by atoms with Crippen molar-refractivity contribution >= 4 is 11.8 Å².